The van der Waals surface area contributed by atoms with Gasteiger partial charge in [-0.3, -0.25) is 9.59 Å². The predicted octanol–water partition coefficient (Wildman–Crippen LogP) is 6.64. The van der Waals surface area contributed by atoms with E-state index in [1.807, 2.05) is 30.3 Å². The highest BCUT2D eigenvalue weighted by molar-refractivity contribution is 5.89. The monoisotopic (exact) mass is 508 g/mol. The molecule has 0 saturated heterocycles. The molecule has 9 atom stereocenters. The summed E-state index contributed by atoms with van der Waals surface area (Å²) in [4.78, 5) is 38.4. The summed E-state index contributed by atoms with van der Waals surface area (Å²) >= 11 is 0. The molecule has 0 bridgehead atoms. The lowest BCUT2D eigenvalue weighted by molar-refractivity contribution is -0.160. The molecular weight excluding hydrogens is 464 g/mol. The fraction of sp³-hybridized carbons (Fsp3) is 0.719. The van der Waals surface area contributed by atoms with Gasteiger partial charge in [-0.25, -0.2) is 4.79 Å². The van der Waals surface area contributed by atoms with E-state index in [0.717, 1.165) is 38.5 Å². The molecule has 4 saturated carbocycles. The minimum Gasteiger partial charge on any atom is -0.469 e. The number of ketones is 1. The summed E-state index contributed by atoms with van der Waals surface area (Å²) < 4.78 is 10.8. The van der Waals surface area contributed by atoms with E-state index in [1.165, 1.54) is 20.0 Å². The molecule has 202 valence electrons. The van der Waals surface area contributed by atoms with E-state index < -0.39 is 0 Å². The van der Waals surface area contributed by atoms with Crippen LogP contribution in [0.4, 0.5) is 0 Å². The standard InChI is InChI=1S/C32H44O5/c1-20(10-15-29(34)36-4)25-13-14-26-24-12-11-22-18-23(37-30(35)21-8-6-5-7-9-21)16-17-31(22,2)27(24)19-28(33)32(25,26)3/h5-9,20,22-27H,10-19H2,1-4H3/t20?,22?,23-,24?,25?,26?,27?,31+,32-/m1/s1. The number of esters is 2. The van der Waals surface area contributed by atoms with Crippen molar-refractivity contribution in [2.45, 2.75) is 91.1 Å². The van der Waals surface area contributed by atoms with E-state index in [2.05, 4.69) is 20.8 Å². The molecule has 0 amide bonds. The average Bonchev–Trinajstić information content (AvgIpc) is 3.27. The lowest BCUT2D eigenvalue weighted by Gasteiger charge is -2.60. The van der Waals surface area contributed by atoms with Crippen LogP contribution in [0.1, 0.15) is 95.3 Å². The van der Waals surface area contributed by atoms with Crippen LogP contribution in [0.15, 0.2) is 30.3 Å². The molecule has 0 heterocycles. The Labute approximate surface area is 222 Å². The maximum Gasteiger partial charge on any atom is 0.338 e. The van der Waals surface area contributed by atoms with Crippen LogP contribution in [-0.2, 0) is 19.1 Å². The minimum atomic E-state index is -0.262. The first kappa shape index (κ1) is 26.4. The number of fused-ring (bicyclic) bond motifs is 5. The van der Waals surface area contributed by atoms with Crippen molar-refractivity contribution in [2.24, 2.45) is 46.3 Å². The lowest BCUT2D eigenvalue weighted by Crippen LogP contribution is -2.57. The Morgan fingerprint density at radius 1 is 1.03 bits per heavy atom. The number of hydrogen-bond acceptors (Lipinski definition) is 5. The third kappa shape index (κ3) is 4.55. The zero-order valence-corrected chi connectivity index (χ0v) is 23.0. The molecule has 1 aromatic carbocycles. The van der Waals surface area contributed by atoms with Crippen molar-refractivity contribution < 1.29 is 23.9 Å². The maximum atomic E-state index is 14.0. The Balaban J connectivity index is 1.27. The van der Waals surface area contributed by atoms with Crippen molar-refractivity contribution in [3.05, 3.63) is 35.9 Å². The number of rotatable bonds is 6. The summed E-state index contributed by atoms with van der Waals surface area (Å²) in [5.41, 5.74) is 0.500. The Hall–Kier alpha value is -2.17. The third-order valence-electron chi connectivity index (χ3n) is 11.6. The molecule has 5 heteroatoms. The highest BCUT2D eigenvalue weighted by Gasteiger charge is 2.64. The second-order valence-corrected chi connectivity index (χ2v) is 13.0. The van der Waals surface area contributed by atoms with Crippen molar-refractivity contribution in [3.63, 3.8) is 0 Å². The minimum absolute atomic E-state index is 0.0292. The fourth-order valence-corrected chi connectivity index (χ4v) is 9.42. The van der Waals surface area contributed by atoms with Gasteiger partial charge in [-0.1, -0.05) is 39.0 Å². The van der Waals surface area contributed by atoms with Crippen LogP contribution in [-0.4, -0.2) is 30.9 Å². The first-order valence-electron chi connectivity index (χ1n) is 14.5. The van der Waals surface area contributed by atoms with Crippen molar-refractivity contribution in [2.75, 3.05) is 7.11 Å². The van der Waals surface area contributed by atoms with Gasteiger partial charge in [0.2, 0.25) is 0 Å². The van der Waals surface area contributed by atoms with Crippen LogP contribution < -0.4 is 0 Å². The average molecular weight is 509 g/mol. The largest absolute Gasteiger partial charge is 0.469 e. The molecule has 37 heavy (non-hydrogen) atoms. The molecule has 0 aliphatic heterocycles. The first-order chi connectivity index (χ1) is 17.7. The molecule has 4 fully saturated rings. The molecule has 4 aliphatic carbocycles. The Morgan fingerprint density at radius 3 is 2.51 bits per heavy atom. The van der Waals surface area contributed by atoms with Gasteiger partial charge in [-0.15, -0.1) is 0 Å². The van der Waals surface area contributed by atoms with Gasteiger partial charge in [0.25, 0.3) is 0 Å². The predicted molar refractivity (Wildman–Crippen MR) is 142 cm³/mol. The van der Waals surface area contributed by atoms with Crippen LogP contribution in [0.3, 0.4) is 0 Å². The first-order valence-corrected chi connectivity index (χ1v) is 14.5. The zero-order chi connectivity index (χ0) is 26.4. The van der Waals surface area contributed by atoms with E-state index in [0.29, 0.717) is 59.7 Å². The molecule has 6 unspecified atom stereocenters. The molecule has 0 radical (unpaired) electrons. The van der Waals surface area contributed by atoms with Crippen molar-refractivity contribution >= 4 is 17.7 Å². The zero-order valence-electron chi connectivity index (χ0n) is 23.0. The highest BCUT2D eigenvalue weighted by Crippen LogP contribution is 2.67. The SMILES string of the molecule is COC(=O)CCC(C)C1CCC2C3CCC4C[C@H](OC(=O)c5ccccc5)CC[C@]4(C)C3CC(=O)[C@]12C. The lowest BCUT2D eigenvalue weighted by atomic mass is 9.44. The van der Waals surface area contributed by atoms with Crippen LogP contribution >= 0.6 is 0 Å². The van der Waals surface area contributed by atoms with Crippen LogP contribution in [0.25, 0.3) is 0 Å². The number of carbonyl (C=O) groups excluding carboxylic acids is 3. The summed E-state index contributed by atoms with van der Waals surface area (Å²) in [7, 11) is 1.45. The quantitative estimate of drug-likeness (QED) is 0.403. The molecular formula is C32H44O5. The van der Waals surface area contributed by atoms with Crippen molar-refractivity contribution in [1.29, 1.82) is 0 Å². The molecule has 0 N–H and O–H groups in total. The van der Waals surface area contributed by atoms with E-state index in [9.17, 15) is 14.4 Å². The van der Waals surface area contributed by atoms with Gasteiger partial charge in [0.05, 0.1) is 12.7 Å². The Bertz CT molecular complexity index is 1020. The molecule has 1 aromatic rings. The van der Waals surface area contributed by atoms with Crippen LogP contribution in [0, 0.1) is 46.3 Å². The van der Waals surface area contributed by atoms with Gasteiger partial charge in [-0.05, 0) is 104 Å². The second-order valence-electron chi connectivity index (χ2n) is 13.0. The van der Waals surface area contributed by atoms with Gasteiger partial charge in [0.15, 0.2) is 0 Å². The summed E-state index contributed by atoms with van der Waals surface area (Å²) in [5, 5.41) is 0. The summed E-state index contributed by atoms with van der Waals surface area (Å²) in [6, 6.07) is 9.29. The Kier molecular flexibility index (Phi) is 7.28. The van der Waals surface area contributed by atoms with Crippen molar-refractivity contribution in [1.82, 2.24) is 0 Å². The molecule has 0 aromatic heterocycles. The number of Topliss-reactive ketones (excluding diaryl/α,β-unsaturated/α-hetero) is 1. The number of hydrogen-bond donors (Lipinski definition) is 0. The second kappa shape index (κ2) is 10.2. The molecule has 5 nitrogen and oxygen atoms in total. The maximum absolute atomic E-state index is 14.0. The molecule has 4 aliphatic rings. The van der Waals surface area contributed by atoms with Crippen molar-refractivity contribution in [3.8, 4) is 0 Å². The summed E-state index contributed by atoms with van der Waals surface area (Å²) in [5.74, 6) is 2.79. The normalized spacial score (nSPS) is 39.6. The van der Waals surface area contributed by atoms with Gasteiger partial charge >= 0.3 is 11.9 Å². The van der Waals surface area contributed by atoms with Gasteiger partial charge in [0, 0.05) is 18.3 Å². The fourth-order valence-electron chi connectivity index (χ4n) is 9.42. The van der Waals surface area contributed by atoms with Crippen LogP contribution in [0.2, 0.25) is 0 Å². The number of ether oxygens (including phenoxy) is 2. The summed E-state index contributed by atoms with van der Waals surface area (Å²) in [6.07, 6.45) is 9.31. The topological polar surface area (TPSA) is 69.7 Å². The smallest absolute Gasteiger partial charge is 0.338 e. The van der Waals surface area contributed by atoms with E-state index in [4.69, 9.17) is 9.47 Å². The molecule has 0 spiro atoms. The number of benzene rings is 1. The van der Waals surface area contributed by atoms with Crippen LogP contribution in [0.5, 0.6) is 0 Å². The number of methoxy groups -OCH3 is 1. The Morgan fingerprint density at radius 2 is 1.78 bits per heavy atom. The highest BCUT2D eigenvalue weighted by atomic mass is 16.5. The van der Waals surface area contributed by atoms with E-state index >= 15 is 0 Å². The third-order valence-corrected chi connectivity index (χ3v) is 11.6. The number of carbonyl (C=O) groups is 3. The van der Waals surface area contributed by atoms with Gasteiger partial charge in [-0.2, -0.15) is 0 Å². The van der Waals surface area contributed by atoms with E-state index in [1.54, 1.807) is 0 Å². The molecule has 5 rings (SSSR count). The van der Waals surface area contributed by atoms with Gasteiger partial charge in [0.1, 0.15) is 11.9 Å². The van der Waals surface area contributed by atoms with E-state index in [-0.39, 0.29) is 28.9 Å². The summed E-state index contributed by atoms with van der Waals surface area (Å²) in [6.45, 7) is 6.93. The van der Waals surface area contributed by atoms with Gasteiger partial charge < -0.3 is 9.47 Å².